The number of methoxy groups -OCH3 is 1. The van der Waals surface area contributed by atoms with E-state index in [4.69, 9.17) is 19.2 Å². The van der Waals surface area contributed by atoms with Crippen molar-refractivity contribution >= 4 is 5.97 Å². The van der Waals surface area contributed by atoms with Gasteiger partial charge >= 0.3 is 5.97 Å². The first-order valence-electron chi connectivity index (χ1n) is 11.7. The molecule has 0 unspecified atom stereocenters. The van der Waals surface area contributed by atoms with Gasteiger partial charge in [-0.15, -0.1) is 0 Å². The lowest BCUT2D eigenvalue weighted by atomic mass is 9.73. The topological polar surface area (TPSA) is 78.1 Å². The van der Waals surface area contributed by atoms with E-state index in [2.05, 4.69) is 51.9 Å². The highest BCUT2D eigenvalue weighted by molar-refractivity contribution is 5.70. The molecule has 0 amide bonds. The van der Waals surface area contributed by atoms with E-state index >= 15 is 0 Å². The number of benzene rings is 1. The van der Waals surface area contributed by atoms with Crippen molar-refractivity contribution in [3.8, 4) is 22.8 Å². The summed E-state index contributed by atoms with van der Waals surface area (Å²) in [5.74, 6) is 0.900. The van der Waals surface area contributed by atoms with Gasteiger partial charge in [0.1, 0.15) is 0 Å². The number of fused-ring (bicyclic) bond motifs is 1. The number of aromatic nitrogens is 3. The van der Waals surface area contributed by atoms with Crippen LogP contribution in [-0.2, 0) is 35.2 Å². The van der Waals surface area contributed by atoms with Gasteiger partial charge in [0.25, 0.3) is 5.89 Å². The second-order valence-corrected chi connectivity index (χ2v) is 9.86. The fourth-order valence-corrected chi connectivity index (χ4v) is 4.94. The summed E-state index contributed by atoms with van der Waals surface area (Å²) in [5, 5.41) is 4.29. The quantitative estimate of drug-likeness (QED) is 0.458. The number of aryl methyl sites for hydroxylation is 3. The van der Waals surface area contributed by atoms with E-state index in [1.165, 1.54) is 23.9 Å². The molecule has 6 nitrogen and oxygen atoms in total. The number of hydrogen-bond acceptors (Lipinski definition) is 6. The molecule has 1 aliphatic carbocycles. The SMILES string of the molecule is CCc1ncc(-c2nc(-c3cc(C)c(CCC(=O)OC)c(C)c3)no2)c2c1CC(C)(C)CC2. The van der Waals surface area contributed by atoms with Gasteiger partial charge in [0.05, 0.1) is 12.7 Å². The number of carbonyl (C=O) groups excluding carboxylic acids is 1. The van der Waals surface area contributed by atoms with Crippen LogP contribution in [0.5, 0.6) is 0 Å². The van der Waals surface area contributed by atoms with Crippen molar-refractivity contribution in [2.75, 3.05) is 7.11 Å². The fraction of sp³-hybridized carbons (Fsp3) is 0.481. The molecule has 0 spiro atoms. The smallest absolute Gasteiger partial charge is 0.305 e. The molecule has 2 heterocycles. The third-order valence-corrected chi connectivity index (χ3v) is 6.85. The summed E-state index contributed by atoms with van der Waals surface area (Å²) < 4.78 is 10.5. The predicted molar refractivity (Wildman–Crippen MR) is 128 cm³/mol. The standard InChI is InChI=1S/C27H33N3O3/c1-7-23-21-14-27(4,5)11-10-20(21)22(15-28-23)26-29-25(30-33-26)18-12-16(2)19(17(3)13-18)8-9-24(31)32-6/h12-13,15H,7-11,14H2,1-6H3. The Hall–Kier alpha value is -3.02. The largest absolute Gasteiger partial charge is 0.469 e. The van der Waals surface area contributed by atoms with Crippen molar-refractivity contribution in [3.05, 3.63) is 51.8 Å². The summed E-state index contributed by atoms with van der Waals surface area (Å²) in [4.78, 5) is 21.1. The highest BCUT2D eigenvalue weighted by atomic mass is 16.5. The number of rotatable bonds is 6. The molecule has 0 saturated carbocycles. The number of pyridine rings is 1. The summed E-state index contributed by atoms with van der Waals surface area (Å²) >= 11 is 0. The molecule has 4 rings (SSSR count). The molecule has 0 fully saturated rings. The van der Waals surface area contributed by atoms with Crippen molar-refractivity contribution in [2.24, 2.45) is 5.41 Å². The Morgan fingerprint density at radius 1 is 1.18 bits per heavy atom. The zero-order chi connectivity index (χ0) is 23.8. The van der Waals surface area contributed by atoms with Crippen LogP contribution < -0.4 is 0 Å². The van der Waals surface area contributed by atoms with Crippen molar-refractivity contribution < 1.29 is 14.1 Å². The lowest BCUT2D eigenvalue weighted by Gasteiger charge is -2.33. The molecule has 1 aliphatic rings. The minimum Gasteiger partial charge on any atom is -0.469 e. The minimum atomic E-state index is -0.199. The van der Waals surface area contributed by atoms with E-state index < -0.39 is 0 Å². The van der Waals surface area contributed by atoms with Gasteiger partial charge in [0, 0.05) is 23.9 Å². The number of hydrogen-bond donors (Lipinski definition) is 0. The maximum Gasteiger partial charge on any atom is 0.305 e. The Labute approximate surface area is 195 Å². The van der Waals surface area contributed by atoms with Gasteiger partial charge in [0.2, 0.25) is 5.82 Å². The Morgan fingerprint density at radius 2 is 1.91 bits per heavy atom. The summed E-state index contributed by atoms with van der Waals surface area (Å²) in [6.07, 6.45) is 7.00. The van der Waals surface area contributed by atoms with Crippen molar-refractivity contribution in [3.63, 3.8) is 0 Å². The highest BCUT2D eigenvalue weighted by Gasteiger charge is 2.30. The molecule has 1 aromatic carbocycles. The number of esters is 1. The molecule has 6 heteroatoms. The van der Waals surface area contributed by atoms with Crippen LogP contribution in [0.15, 0.2) is 22.9 Å². The highest BCUT2D eigenvalue weighted by Crippen LogP contribution is 2.40. The van der Waals surface area contributed by atoms with Crippen LogP contribution in [0.1, 0.15) is 67.1 Å². The molecule has 3 aromatic rings. The lowest BCUT2D eigenvalue weighted by Crippen LogP contribution is -2.24. The zero-order valence-electron chi connectivity index (χ0n) is 20.5. The van der Waals surface area contributed by atoms with E-state index in [1.807, 2.05) is 6.20 Å². The summed E-state index contributed by atoms with van der Waals surface area (Å²) in [7, 11) is 1.42. The third-order valence-electron chi connectivity index (χ3n) is 6.85. The minimum absolute atomic E-state index is 0.199. The van der Waals surface area contributed by atoms with Crippen molar-refractivity contribution in [2.45, 2.75) is 73.1 Å². The molecular formula is C27H33N3O3. The molecule has 0 bridgehead atoms. The van der Waals surface area contributed by atoms with Gasteiger partial charge in [-0.25, -0.2) is 0 Å². The van der Waals surface area contributed by atoms with Crippen LogP contribution in [0.3, 0.4) is 0 Å². The van der Waals surface area contributed by atoms with E-state index in [0.717, 1.165) is 53.5 Å². The van der Waals surface area contributed by atoms with E-state index in [0.29, 0.717) is 24.6 Å². The molecule has 2 aromatic heterocycles. The number of carbonyl (C=O) groups is 1. The molecule has 0 saturated heterocycles. The van der Waals surface area contributed by atoms with Gasteiger partial charge in [-0.2, -0.15) is 4.98 Å². The molecule has 0 atom stereocenters. The van der Waals surface area contributed by atoms with Crippen molar-refractivity contribution in [1.29, 1.82) is 0 Å². The third kappa shape index (κ3) is 4.70. The Kier molecular flexibility index (Phi) is 6.37. The van der Waals surface area contributed by atoms with Gasteiger partial charge < -0.3 is 9.26 Å². The van der Waals surface area contributed by atoms with E-state index in [1.54, 1.807) is 0 Å². The summed E-state index contributed by atoms with van der Waals surface area (Å²) in [6.45, 7) is 10.9. The van der Waals surface area contributed by atoms with Gasteiger partial charge in [-0.3, -0.25) is 9.78 Å². The van der Waals surface area contributed by atoms with Crippen LogP contribution >= 0.6 is 0 Å². The maximum absolute atomic E-state index is 11.6. The Morgan fingerprint density at radius 3 is 2.58 bits per heavy atom. The van der Waals surface area contributed by atoms with Gasteiger partial charge in [0.15, 0.2) is 0 Å². The summed E-state index contributed by atoms with van der Waals surface area (Å²) in [5.41, 5.74) is 9.35. The Balaban J connectivity index is 1.66. The first-order valence-corrected chi connectivity index (χ1v) is 11.7. The van der Waals surface area contributed by atoms with Crippen molar-refractivity contribution in [1.82, 2.24) is 15.1 Å². The van der Waals surface area contributed by atoms with E-state index in [-0.39, 0.29) is 11.4 Å². The predicted octanol–water partition coefficient (Wildman–Crippen LogP) is 5.60. The summed E-state index contributed by atoms with van der Waals surface area (Å²) in [6, 6.07) is 4.12. The average Bonchev–Trinajstić information content (AvgIpc) is 3.26. The second kappa shape index (κ2) is 9.08. The maximum atomic E-state index is 11.6. The molecule has 0 radical (unpaired) electrons. The first-order chi connectivity index (χ1) is 15.7. The first kappa shape index (κ1) is 23.1. The van der Waals surface area contributed by atoms with Crippen LogP contribution in [0.4, 0.5) is 0 Å². The molecular weight excluding hydrogens is 414 g/mol. The van der Waals surface area contributed by atoms with Gasteiger partial charge in [-0.05, 0) is 91.3 Å². The van der Waals surface area contributed by atoms with E-state index in [9.17, 15) is 4.79 Å². The fourth-order valence-electron chi connectivity index (χ4n) is 4.94. The zero-order valence-corrected chi connectivity index (χ0v) is 20.5. The van der Waals surface area contributed by atoms with Crippen LogP contribution in [0.25, 0.3) is 22.8 Å². The van der Waals surface area contributed by atoms with Crippen LogP contribution in [0, 0.1) is 19.3 Å². The van der Waals surface area contributed by atoms with Gasteiger partial charge in [-0.1, -0.05) is 25.9 Å². The molecule has 0 aliphatic heterocycles. The Bertz CT molecular complexity index is 1170. The van der Waals surface area contributed by atoms with Crippen LogP contribution in [0.2, 0.25) is 0 Å². The lowest BCUT2D eigenvalue weighted by molar-refractivity contribution is -0.140. The monoisotopic (exact) mass is 447 g/mol. The number of nitrogens with zero attached hydrogens (tertiary/aromatic N) is 3. The molecule has 33 heavy (non-hydrogen) atoms. The molecule has 174 valence electrons. The van der Waals surface area contributed by atoms with Crippen LogP contribution in [-0.4, -0.2) is 28.2 Å². The average molecular weight is 448 g/mol. The second-order valence-electron chi connectivity index (χ2n) is 9.86. The normalized spacial score (nSPS) is 14.7. The number of ether oxygens (including phenoxy) is 1. The molecule has 0 N–H and O–H groups in total.